The van der Waals surface area contributed by atoms with Gasteiger partial charge >= 0.3 is 0 Å². The maximum Gasteiger partial charge on any atom is 0.235 e. The van der Waals surface area contributed by atoms with Crippen LogP contribution < -0.4 is 14.2 Å². The highest BCUT2D eigenvalue weighted by atomic mass is 32.1. The smallest absolute Gasteiger partial charge is 0.235 e. The Kier molecular flexibility index (Phi) is 5.12. The number of nitrogens with zero attached hydrogens (tertiary/aromatic N) is 4. The average molecular weight is 396 g/mol. The quantitative estimate of drug-likeness (QED) is 0.461. The van der Waals surface area contributed by atoms with Gasteiger partial charge in [-0.2, -0.15) is 9.61 Å². The van der Waals surface area contributed by atoms with E-state index in [9.17, 15) is 0 Å². The Labute approximate surface area is 166 Å². The fraction of sp³-hybridized carbons (Fsp3) is 0.250. The monoisotopic (exact) mass is 396 g/mol. The summed E-state index contributed by atoms with van der Waals surface area (Å²) in [6.45, 7) is 2.07. The van der Waals surface area contributed by atoms with Crippen LogP contribution in [-0.2, 0) is 0 Å². The summed E-state index contributed by atoms with van der Waals surface area (Å²) >= 11 is 1.48. The normalized spacial score (nSPS) is 12.1. The van der Waals surface area contributed by atoms with Gasteiger partial charge in [0.2, 0.25) is 4.96 Å². The molecule has 4 aromatic rings. The molecule has 0 spiro atoms. The number of para-hydroxylation sites is 1. The summed E-state index contributed by atoms with van der Waals surface area (Å²) in [6, 6.07) is 15.4. The fourth-order valence-corrected chi connectivity index (χ4v) is 3.84. The van der Waals surface area contributed by atoms with Crippen molar-refractivity contribution in [1.82, 2.24) is 19.8 Å². The average Bonchev–Trinajstić information content (AvgIpc) is 3.33. The van der Waals surface area contributed by atoms with Gasteiger partial charge in [0.05, 0.1) is 14.2 Å². The molecule has 0 bridgehead atoms. The minimum absolute atomic E-state index is 0.146. The first-order valence-corrected chi connectivity index (χ1v) is 9.71. The van der Waals surface area contributed by atoms with E-state index in [1.807, 2.05) is 48.5 Å². The highest BCUT2D eigenvalue weighted by molar-refractivity contribution is 7.16. The summed E-state index contributed by atoms with van der Waals surface area (Å²) in [5.41, 5.74) is 0.846. The lowest BCUT2D eigenvalue weighted by Gasteiger charge is -2.14. The summed E-state index contributed by atoms with van der Waals surface area (Å²) in [7, 11) is 3.21. The zero-order chi connectivity index (χ0) is 19.5. The molecule has 0 aliphatic rings. The van der Waals surface area contributed by atoms with Crippen LogP contribution in [0.15, 0.2) is 48.5 Å². The molecule has 0 aliphatic heterocycles. The predicted molar refractivity (Wildman–Crippen MR) is 107 cm³/mol. The van der Waals surface area contributed by atoms with Crippen molar-refractivity contribution in [3.8, 4) is 28.6 Å². The Bertz CT molecular complexity index is 1080. The van der Waals surface area contributed by atoms with E-state index in [0.717, 1.165) is 27.7 Å². The molecule has 0 saturated heterocycles. The van der Waals surface area contributed by atoms with E-state index in [0.29, 0.717) is 17.3 Å². The highest BCUT2D eigenvalue weighted by Gasteiger charge is 2.21. The zero-order valence-corrected chi connectivity index (χ0v) is 16.6. The lowest BCUT2D eigenvalue weighted by atomic mass is 10.2. The standard InChI is InChI=1S/C20H20N4O3S/c1-4-15(27-14-8-6-5-7-9-14)19-23-24-18(21-22-20(24)28-19)13-10-11-16(25-2)17(12-13)26-3/h5-12,15H,4H2,1-3H3/t15-/m1/s1. The van der Waals surface area contributed by atoms with Crippen molar-refractivity contribution < 1.29 is 14.2 Å². The molecule has 0 N–H and O–H groups in total. The van der Waals surface area contributed by atoms with Crippen LogP contribution in [0.3, 0.4) is 0 Å². The van der Waals surface area contributed by atoms with Crippen LogP contribution in [0.5, 0.6) is 17.2 Å². The van der Waals surface area contributed by atoms with Gasteiger partial charge in [-0.15, -0.1) is 10.2 Å². The summed E-state index contributed by atoms with van der Waals surface area (Å²) < 4.78 is 18.6. The SMILES string of the molecule is CC[C@@H](Oc1ccccc1)c1nn2c(-c3ccc(OC)c(OC)c3)nnc2s1. The van der Waals surface area contributed by atoms with E-state index >= 15 is 0 Å². The lowest BCUT2D eigenvalue weighted by Crippen LogP contribution is -2.07. The van der Waals surface area contributed by atoms with Crippen LogP contribution >= 0.6 is 11.3 Å². The third-order valence-corrected chi connectivity index (χ3v) is 5.31. The van der Waals surface area contributed by atoms with Crippen molar-refractivity contribution in [3.63, 3.8) is 0 Å². The maximum absolute atomic E-state index is 6.11. The van der Waals surface area contributed by atoms with Gasteiger partial charge in [0, 0.05) is 5.56 Å². The van der Waals surface area contributed by atoms with E-state index in [-0.39, 0.29) is 6.10 Å². The molecule has 1 atom stereocenters. The van der Waals surface area contributed by atoms with E-state index < -0.39 is 0 Å². The molecule has 4 rings (SSSR count). The molecule has 0 amide bonds. The number of hydrogen-bond acceptors (Lipinski definition) is 7. The van der Waals surface area contributed by atoms with Crippen LogP contribution in [0.25, 0.3) is 16.3 Å². The molecule has 2 heterocycles. The van der Waals surface area contributed by atoms with Gasteiger partial charge in [0.15, 0.2) is 28.4 Å². The first-order chi connectivity index (χ1) is 13.7. The number of benzene rings is 2. The number of ether oxygens (including phenoxy) is 3. The van der Waals surface area contributed by atoms with E-state index in [2.05, 4.69) is 17.1 Å². The van der Waals surface area contributed by atoms with Crippen LogP contribution in [-0.4, -0.2) is 34.0 Å². The number of rotatable bonds is 7. The first kappa shape index (κ1) is 18.2. The highest BCUT2D eigenvalue weighted by Crippen LogP contribution is 2.33. The molecule has 7 nitrogen and oxygen atoms in total. The number of fused-ring (bicyclic) bond motifs is 1. The van der Waals surface area contributed by atoms with Crippen LogP contribution in [0.4, 0.5) is 0 Å². The number of methoxy groups -OCH3 is 2. The summed E-state index contributed by atoms with van der Waals surface area (Å²) in [5, 5.41) is 14.2. The maximum atomic E-state index is 6.11. The van der Waals surface area contributed by atoms with Crippen molar-refractivity contribution in [2.45, 2.75) is 19.4 Å². The van der Waals surface area contributed by atoms with Gasteiger partial charge in [-0.3, -0.25) is 0 Å². The Hall–Kier alpha value is -3.13. The Balaban J connectivity index is 1.68. The summed E-state index contributed by atoms with van der Waals surface area (Å²) in [4.78, 5) is 0.717. The summed E-state index contributed by atoms with van der Waals surface area (Å²) in [6.07, 6.45) is 0.650. The Morgan fingerprint density at radius 1 is 1.00 bits per heavy atom. The van der Waals surface area contributed by atoms with Crippen molar-refractivity contribution >= 4 is 16.3 Å². The molecule has 0 aliphatic carbocycles. The van der Waals surface area contributed by atoms with Gasteiger partial charge in [-0.1, -0.05) is 36.5 Å². The van der Waals surface area contributed by atoms with Crippen molar-refractivity contribution in [2.24, 2.45) is 0 Å². The molecule has 28 heavy (non-hydrogen) atoms. The van der Waals surface area contributed by atoms with Crippen molar-refractivity contribution in [3.05, 3.63) is 53.5 Å². The molecule has 2 aromatic carbocycles. The molecular formula is C20H20N4O3S. The van der Waals surface area contributed by atoms with E-state index in [1.54, 1.807) is 18.7 Å². The second-order valence-corrected chi connectivity index (χ2v) is 7.04. The Morgan fingerprint density at radius 3 is 2.50 bits per heavy atom. The number of hydrogen-bond donors (Lipinski definition) is 0. The van der Waals surface area contributed by atoms with E-state index in [4.69, 9.17) is 19.3 Å². The molecule has 0 unspecified atom stereocenters. The largest absolute Gasteiger partial charge is 0.493 e. The summed E-state index contributed by atoms with van der Waals surface area (Å²) in [5.74, 6) is 2.76. The minimum Gasteiger partial charge on any atom is -0.493 e. The van der Waals surface area contributed by atoms with Gasteiger partial charge < -0.3 is 14.2 Å². The lowest BCUT2D eigenvalue weighted by molar-refractivity contribution is 0.199. The Morgan fingerprint density at radius 2 is 1.79 bits per heavy atom. The first-order valence-electron chi connectivity index (χ1n) is 8.89. The van der Waals surface area contributed by atoms with Gasteiger partial charge in [-0.25, -0.2) is 0 Å². The molecule has 0 radical (unpaired) electrons. The molecule has 8 heteroatoms. The molecule has 0 fully saturated rings. The molecule has 0 saturated carbocycles. The third-order valence-electron chi connectivity index (χ3n) is 4.32. The van der Waals surface area contributed by atoms with E-state index in [1.165, 1.54) is 11.3 Å². The zero-order valence-electron chi connectivity index (χ0n) is 15.8. The van der Waals surface area contributed by atoms with Crippen molar-refractivity contribution in [1.29, 1.82) is 0 Å². The van der Waals surface area contributed by atoms with Gasteiger partial charge in [0.25, 0.3) is 0 Å². The van der Waals surface area contributed by atoms with Gasteiger partial charge in [-0.05, 0) is 36.8 Å². The number of aromatic nitrogens is 4. The molecule has 2 aromatic heterocycles. The third kappa shape index (κ3) is 3.38. The molecule has 144 valence electrons. The van der Waals surface area contributed by atoms with Gasteiger partial charge in [0.1, 0.15) is 5.75 Å². The van der Waals surface area contributed by atoms with Crippen LogP contribution in [0, 0.1) is 0 Å². The van der Waals surface area contributed by atoms with Crippen molar-refractivity contribution in [2.75, 3.05) is 14.2 Å². The fourth-order valence-electron chi connectivity index (χ4n) is 2.89. The second kappa shape index (κ2) is 7.85. The minimum atomic E-state index is -0.146. The predicted octanol–water partition coefficient (Wildman–Crippen LogP) is 4.40. The van der Waals surface area contributed by atoms with Crippen LogP contribution in [0.2, 0.25) is 0 Å². The van der Waals surface area contributed by atoms with Crippen LogP contribution in [0.1, 0.15) is 24.5 Å². The topological polar surface area (TPSA) is 70.8 Å². The second-order valence-electron chi connectivity index (χ2n) is 6.06. The molecular weight excluding hydrogens is 376 g/mol.